The third-order valence-electron chi connectivity index (χ3n) is 2.31. The Bertz CT molecular complexity index is 240. The maximum Gasteiger partial charge on any atom is 0.328 e. The van der Waals surface area contributed by atoms with E-state index in [1.54, 1.807) is 0 Å². The van der Waals surface area contributed by atoms with Gasteiger partial charge in [0.15, 0.2) is 6.04 Å². The van der Waals surface area contributed by atoms with Gasteiger partial charge in [-0.25, -0.2) is 4.79 Å². The minimum Gasteiger partial charge on any atom is -0.480 e. The Morgan fingerprint density at radius 1 is 1.60 bits per heavy atom. The predicted molar refractivity (Wildman–Crippen MR) is 52.4 cm³/mol. The van der Waals surface area contributed by atoms with Gasteiger partial charge in [0.1, 0.15) is 0 Å². The number of methoxy groups -OCH3 is 1. The Morgan fingerprint density at radius 3 is 2.67 bits per heavy atom. The van der Waals surface area contributed by atoms with E-state index in [1.807, 2.05) is 0 Å². The molecule has 1 aliphatic heterocycles. The normalized spacial score (nSPS) is 17.9. The zero-order valence-electron chi connectivity index (χ0n) is 8.66. The second-order valence-corrected chi connectivity index (χ2v) is 3.64. The lowest BCUT2D eigenvalue weighted by molar-refractivity contribution is -0.143. The quantitative estimate of drug-likeness (QED) is 0.519. The number of hydrogen-bond acceptors (Lipinski definition) is 4. The number of rotatable bonds is 6. The fourth-order valence-corrected chi connectivity index (χ4v) is 1.35. The second kappa shape index (κ2) is 5.67. The van der Waals surface area contributed by atoms with Crippen LogP contribution in [0.3, 0.4) is 0 Å². The summed E-state index contributed by atoms with van der Waals surface area (Å²) in [5, 5.41) is 14.2. The Kier molecular flexibility index (Phi) is 4.51. The zero-order valence-corrected chi connectivity index (χ0v) is 8.66. The fraction of sp³-hybridized carbons (Fsp3) is 0.778. The van der Waals surface area contributed by atoms with Gasteiger partial charge in [-0.2, -0.15) is 0 Å². The number of amides is 1. The third-order valence-corrected chi connectivity index (χ3v) is 2.31. The lowest BCUT2D eigenvalue weighted by Crippen LogP contribution is -2.48. The van der Waals surface area contributed by atoms with E-state index >= 15 is 0 Å². The number of carboxylic acid groups (broad SMARTS) is 1. The molecule has 1 saturated heterocycles. The van der Waals surface area contributed by atoms with E-state index in [2.05, 4.69) is 10.6 Å². The molecule has 1 heterocycles. The predicted octanol–water partition coefficient (Wildman–Crippen LogP) is -1.19. The van der Waals surface area contributed by atoms with Crippen LogP contribution in [-0.2, 0) is 14.3 Å². The maximum absolute atomic E-state index is 11.4. The minimum atomic E-state index is -1.07. The molecular formula is C9H16N2O4. The van der Waals surface area contributed by atoms with Crippen molar-refractivity contribution in [1.82, 2.24) is 10.6 Å². The minimum absolute atomic E-state index is 0.00993. The van der Waals surface area contributed by atoms with Gasteiger partial charge in [-0.1, -0.05) is 0 Å². The van der Waals surface area contributed by atoms with Crippen molar-refractivity contribution in [1.29, 1.82) is 0 Å². The number of carbonyl (C=O) groups is 2. The topological polar surface area (TPSA) is 87.7 Å². The van der Waals surface area contributed by atoms with E-state index < -0.39 is 12.0 Å². The van der Waals surface area contributed by atoms with Crippen molar-refractivity contribution in [3.05, 3.63) is 0 Å². The molecule has 0 aromatic rings. The molecule has 86 valence electrons. The van der Waals surface area contributed by atoms with Crippen LogP contribution in [0.2, 0.25) is 0 Å². The Labute approximate surface area is 88.0 Å². The summed E-state index contributed by atoms with van der Waals surface area (Å²) in [4.78, 5) is 22.1. The van der Waals surface area contributed by atoms with E-state index in [-0.39, 0.29) is 12.5 Å². The SMILES string of the molecule is COCC(NC(=O)CC1CNC1)C(=O)O. The van der Waals surface area contributed by atoms with Gasteiger partial charge >= 0.3 is 5.97 Å². The van der Waals surface area contributed by atoms with Gasteiger partial charge in [-0.15, -0.1) is 0 Å². The number of hydrogen-bond donors (Lipinski definition) is 3. The number of nitrogens with one attached hydrogen (secondary N) is 2. The average molecular weight is 216 g/mol. The first-order valence-electron chi connectivity index (χ1n) is 4.85. The van der Waals surface area contributed by atoms with Crippen LogP contribution in [0.1, 0.15) is 6.42 Å². The number of carbonyl (C=O) groups excluding carboxylic acids is 1. The monoisotopic (exact) mass is 216 g/mol. The van der Waals surface area contributed by atoms with E-state index in [0.29, 0.717) is 12.3 Å². The Morgan fingerprint density at radius 2 is 2.27 bits per heavy atom. The summed E-state index contributed by atoms with van der Waals surface area (Å²) < 4.78 is 4.70. The lowest BCUT2D eigenvalue weighted by Gasteiger charge is -2.26. The summed E-state index contributed by atoms with van der Waals surface area (Å²) in [6, 6.07) is -0.949. The van der Waals surface area contributed by atoms with E-state index in [1.165, 1.54) is 7.11 Å². The summed E-state index contributed by atoms with van der Waals surface area (Å²) >= 11 is 0. The van der Waals surface area contributed by atoms with Crippen molar-refractivity contribution >= 4 is 11.9 Å². The molecule has 1 atom stereocenters. The van der Waals surface area contributed by atoms with Gasteiger partial charge in [-0.3, -0.25) is 4.79 Å². The molecular weight excluding hydrogens is 200 g/mol. The van der Waals surface area contributed by atoms with Crippen LogP contribution >= 0.6 is 0 Å². The molecule has 6 heteroatoms. The van der Waals surface area contributed by atoms with E-state index in [0.717, 1.165) is 13.1 Å². The van der Waals surface area contributed by atoms with Crippen molar-refractivity contribution in [2.45, 2.75) is 12.5 Å². The van der Waals surface area contributed by atoms with Crippen molar-refractivity contribution in [3.8, 4) is 0 Å². The van der Waals surface area contributed by atoms with Crippen LogP contribution < -0.4 is 10.6 Å². The highest BCUT2D eigenvalue weighted by Crippen LogP contribution is 2.07. The van der Waals surface area contributed by atoms with Crippen LogP contribution in [0.4, 0.5) is 0 Å². The number of carboxylic acids is 1. The van der Waals surface area contributed by atoms with Gasteiger partial charge in [0.25, 0.3) is 0 Å². The second-order valence-electron chi connectivity index (χ2n) is 3.64. The highest BCUT2D eigenvalue weighted by Gasteiger charge is 2.24. The molecule has 0 aromatic heterocycles. The molecule has 15 heavy (non-hydrogen) atoms. The molecule has 1 amide bonds. The van der Waals surface area contributed by atoms with Crippen LogP contribution in [0, 0.1) is 5.92 Å². The van der Waals surface area contributed by atoms with Gasteiger partial charge in [0.05, 0.1) is 6.61 Å². The highest BCUT2D eigenvalue weighted by molar-refractivity contribution is 5.83. The standard InChI is InChI=1S/C9H16N2O4/c1-15-5-7(9(13)14)11-8(12)2-6-3-10-4-6/h6-7,10H,2-5H2,1H3,(H,11,12)(H,13,14). The Balaban J connectivity index is 2.28. The maximum atomic E-state index is 11.4. The van der Waals surface area contributed by atoms with Crippen LogP contribution in [0.5, 0.6) is 0 Å². The van der Waals surface area contributed by atoms with Crippen molar-refractivity contribution in [3.63, 3.8) is 0 Å². The lowest BCUT2D eigenvalue weighted by atomic mass is 9.99. The van der Waals surface area contributed by atoms with Crippen molar-refractivity contribution < 1.29 is 19.4 Å². The van der Waals surface area contributed by atoms with Gasteiger partial charge in [0, 0.05) is 13.5 Å². The molecule has 0 saturated carbocycles. The first-order valence-corrected chi connectivity index (χ1v) is 4.85. The summed E-state index contributed by atoms with van der Waals surface area (Å²) in [6.07, 6.45) is 0.375. The molecule has 3 N–H and O–H groups in total. The summed E-state index contributed by atoms with van der Waals surface area (Å²) in [6.45, 7) is 1.65. The van der Waals surface area contributed by atoms with Crippen molar-refractivity contribution in [2.75, 3.05) is 26.8 Å². The molecule has 0 radical (unpaired) electrons. The average Bonchev–Trinajstić information content (AvgIpc) is 2.10. The molecule has 0 aromatic carbocycles. The number of ether oxygens (including phenoxy) is 1. The van der Waals surface area contributed by atoms with Crippen LogP contribution in [0.25, 0.3) is 0 Å². The molecule has 0 aliphatic carbocycles. The van der Waals surface area contributed by atoms with Crippen LogP contribution in [0.15, 0.2) is 0 Å². The van der Waals surface area contributed by atoms with Crippen LogP contribution in [-0.4, -0.2) is 49.8 Å². The molecule has 1 rings (SSSR count). The van der Waals surface area contributed by atoms with E-state index in [9.17, 15) is 9.59 Å². The smallest absolute Gasteiger partial charge is 0.328 e. The van der Waals surface area contributed by atoms with Gasteiger partial charge in [0.2, 0.25) is 5.91 Å². The molecule has 6 nitrogen and oxygen atoms in total. The molecule has 0 spiro atoms. The first kappa shape index (κ1) is 11.9. The summed E-state index contributed by atoms with van der Waals surface area (Å²) in [5.74, 6) is -0.968. The molecule has 0 bridgehead atoms. The zero-order chi connectivity index (χ0) is 11.3. The first-order chi connectivity index (χ1) is 7.13. The molecule has 1 aliphatic rings. The third kappa shape index (κ3) is 3.85. The fourth-order valence-electron chi connectivity index (χ4n) is 1.35. The molecule has 1 unspecified atom stereocenters. The molecule has 1 fully saturated rings. The summed E-state index contributed by atoms with van der Waals surface area (Å²) in [7, 11) is 1.40. The van der Waals surface area contributed by atoms with E-state index in [4.69, 9.17) is 9.84 Å². The van der Waals surface area contributed by atoms with Gasteiger partial charge in [-0.05, 0) is 19.0 Å². The van der Waals surface area contributed by atoms with Crippen molar-refractivity contribution in [2.24, 2.45) is 5.92 Å². The summed E-state index contributed by atoms with van der Waals surface area (Å²) in [5.41, 5.74) is 0. The highest BCUT2D eigenvalue weighted by atomic mass is 16.5. The van der Waals surface area contributed by atoms with Gasteiger partial charge < -0.3 is 20.5 Å². The largest absolute Gasteiger partial charge is 0.480 e. The number of aliphatic carboxylic acids is 1. The Hall–Kier alpha value is -1.14.